The molecule has 0 saturated carbocycles. The van der Waals surface area contributed by atoms with E-state index in [2.05, 4.69) is 91.0 Å². The number of likely N-dealkylation sites (tertiary alicyclic amines) is 1. The minimum atomic E-state index is -0.0600. The summed E-state index contributed by atoms with van der Waals surface area (Å²) in [5.74, 6) is 1.66. The predicted octanol–water partition coefficient (Wildman–Crippen LogP) is 4.97. The van der Waals surface area contributed by atoms with Gasteiger partial charge in [0, 0.05) is 37.8 Å². The maximum atomic E-state index is 6.06. The van der Waals surface area contributed by atoms with E-state index in [1.54, 1.807) is 0 Å². The van der Waals surface area contributed by atoms with Crippen LogP contribution in [0.15, 0.2) is 60.8 Å². The number of rotatable bonds is 7. The maximum absolute atomic E-state index is 6.06. The molecule has 1 aromatic heterocycles. The van der Waals surface area contributed by atoms with Gasteiger partial charge < -0.3 is 9.64 Å². The number of aryl methyl sites for hydroxylation is 1. The highest BCUT2D eigenvalue weighted by Gasteiger charge is 2.46. The zero-order valence-corrected chi connectivity index (χ0v) is 20.2. The zero-order valence-electron chi connectivity index (χ0n) is 20.2. The van der Waals surface area contributed by atoms with Gasteiger partial charge in [-0.25, -0.2) is 9.97 Å². The molecule has 5 nitrogen and oxygen atoms in total. The second-order valence-electron chi connectivity index (χ2n) is 10.3. The Balaban J connectivity index is 1.20. The lowest BCUT2D eigenvalue weighted by Gasteiger charge is -2.57. The van der Waals surface area contributed by atoms with Crippen LogP contribution in [0.2, 0.25) is 0 Å². The number of anilines is 1. The van der Waals surface area contributed by atoms with Crippen molar-refractivity contribution in [2.75, 3.05) is 31.1 Å². The summed E-state index contributed by atoms with van der Waals surface area (Å²) < 4.78 is 6.06. The van der Waals surface area contributed by atoms with Gasteiger partial charge in [-0.1, -0.05) is 55.8 Å². The molecule has 2 fully saturated rings. The molecule has 0 bridgehead atoms. The largest absolute Gasteiger partial charge is 0.487 e. The van der Waals surface area contributed by atoms with E-state index in [4.69, 9.17) is 9.72 Å². The highest BCUT2D eigenvalue weighted by molar-refractivity contribution is 5.41. The molecular weight excluding hydrogens is 408 g/mol. The van der Waals surface area contributed by atoms with Crippen LogP contribution in [0, 0.1) is 6.92 Å². The molecule has 0 radical (unpaired) electrons. The molecule has 2 saturated heterocycles. The average molecular weight is 443 g/mol. The van der Waals surface area contributed by atoms with E-state index in [1.807, 2.05) is 12.3 Å². The van der Waals surface area contributed by atoms with E-state index in [9.17, 15) is 0 Å². The fraction of sp³-hybridized carbons (Fsp3) is 0.429. The van der Waals surface area contributed by atoms with Crippen molar-refractivity contribution in [1.82, 2.24) is 14.9 Å². The minimum absolute atomic E-state index is 0.0600. The highest BCUT2D eigenvalue weighted by Crippen LogP contribution is 2.34. The second-order valence-corrected chi connectivity index (χ2v) is 10.3. The fourth-order valence-electron chi connectivity index (χ4n) is 4.85. The smallest absolute Gasteiger partial charge is 0.225 e. The molecule has 0 amide bonds. The Morgan fingerprint density at radius 2 is 1.58 bits per heavy atom. The lowest BCUT2D eigenvalue weighted by Crippen LogP contribution is -2.71. The van der Waals surface area contributed by atoms with Crippen molar-refractivity contribution < 1.29 is 4.74 Å². The quantitative estimate of drug-likeness (QED) is 0.517. The van der Waals surface area contributed by atoms with Crippen LogP contribution >= 0.6 is 0 Å². The van der Waals surface area contributed by atoms with Crippen LogP contribution in [0.5, 0.6) is 5.75 Å². The van der Waals surface area contributed by atoms with Gasteiger partial charge in [0.25, 0.3) is 0 Å². The van der Waals surface area contributed by atoms with Crippen molar-refractivity contribution in [1.29, 1.82) is 0 Å². The van der Waals surface area contributed by atoms with Crippen LogP contribution in [0.25, 0.3) is 0 Å². The van der Waals surface area contributed by atoms with E-state index in [0.717, 1.165) is 30.5 Å². The molecule has 172 valence electrons. The Labute approximate surface area is 197 Å². The second kappa shape index (κ2) is 8.45. The molecule has 0 spiro atoms. The zero-order chi connectivity index (χ0) is 23.1. The number of nitrogens with zero attached hydrogens (tertiary/aromatic N) is 4. The van der Waals surface area contributed by atoms with Crippen LogP contribution in [0.1, 0.15) is 49.6 Å². The first kappa shape index (κ1) is 21.9. The first-order chi connectivity index (χ1) is 15.8. The lowest BCUT2D eigenvalue weighted by atomic mass is 9.78. The third kappa shape index (κ3) is 4.34. The molecule has 3 aromatic rings. The van der Waals surface area contributed by atoms with Gasteiger partial charge in [-0.2, -0.15) is 0 Å². The molecule has 3 heterocycles. The molecule has 0 atom stereocenters. The van der Waals surface area contributed by atoms with Crippen LogP contribution < -0.4 is 9.64 Å². The van der Waals surface area contributed by atoms with E-state index < -0.39 is 0 Å². The van der Waals surface area contributed by atoms with E-state index >= 15 is 0 Å². The topological polar surface area (TPSA) is 41.5 Å². The molecule has 0 aliphatic carbocycles. The molecule has 0 unspecified atom stereocenters. The van der Waals surface area contributed by atoms with Gasteiger partial charge >= 0.3 is 0 Å². The maximum Gasteiger partial charge on any atom is 0.225 e. The van der Waals surface area contributed by atoms with Crippen molar-refractivity contribution in [3.05, 3.63) is 83.2 Å². The van der Waals surface area contributed by atoms with Gasteiger partial charge in [0.15, 0.2) is 0 Å². The van der Waals surface area contributed by atoms with Crippen molar-refractivity contribution >= 4 is 5.95 Å². The van der Waals surface area contributed by atoms with Crippen LogP contribution in [0.3, 0.4) is 0 Å². The fourth-order valence-corrected chi connectivity index (χ4v) is 4.85. The van der Waals surface area contributed by atoms with E-state index in [-0.39, 0.29) is 11.0 Å². The molecule has 2 aliphatic heterocycles. The molecule has 2 aromatic carbocycles. The Bertz CT molecular complexity index is 1100. The van der Waals surface area contributed by atoms with Crippen LogP contribution in [-0.4, -0.2) is 46.6 Å². The normalized spacial score (nSPS) is 17.9. The molecule has 5 heteroatoms. The minimum Gasteiger partial charge on any atom is -0.487 e. The van der Waals surface area contributed by atoms with Crippen molar-refractivity contribution in [2.24, 2.45) is 0 Å². The van der Waals surface area contributed by atoms with Gasteiger partial charge in [0.1, 0.15) is 12.4 Å². The molecule has 0 N–H and O–H groups in total. The van der Waals surface area contributed by atoms with Crippen LogP contribution in [0.4, 0.5) is 5.95 Å². The van der Waals surface area contributed by atoms with Crippen molar-refractivity contribution in [3.63, 3.8) is 0 Å². The Hall–Kier alpha value is -2.92. The summed E-state index contributed by atoms with van der Waals surface area (Å²) in [4.78, 5) is 14.1. The van der Waals surface area contributed by atoms with Crippen LogP contribution in [-0.2, 0) is 12.0 Å². The molecular formula is C28H34N4O. The van der Waals surface area contributed by atoms with Crippen molar-refractivity contribution in [3.8, 4) is 5.75 Å². The Morgan fingerprint density at radius 1 is 0.939 bits per heavy atom. The van der Waals surface area contributed by atoms with E-state index in [0.29, 0.717) is 6.61 Å². The molecule has 33 heavy (non-hydrogen) atoms. The van der Waals surface area contributed by atoms with Gasteiger partial charge in [-0.3, -0.25) is 4.90 Å². The third-order valence-corrected chi connectivity index (χ3v) is 7.40. The van der Waals surface area contributed by atoms with Gasteiger partial charge in [0.2, 0.25) is 5.95 Å². The summed E-state index contributed by atoms with van der Waals surface area (Å²) in [5, 5.41) is 0. The number of hydrogen-bond acceptors (Lipinski definition) is 5. The van der Waals surface area contributed by atoms with E-state index in [1.165, 1.54) is 36.2 Å². The highest BCUT2D eigenvalue weighted by atomic mass is 16.5. The number of hydrogen-bond donors (Lipinski definition) is 0. The summed E-state index contributed by atoms with van der Waals surface area (Å²) >= 11 is 0. The lowest BCUT2D eigenvalue weighted by molar-refractivity contribution is 0.0202. The summed E-state index contributed by atoms with van der Waals surface area (Å²) in [6.07, 6.45) is 3.16. The standard InChI is InChI=1S/C28H34N4O/c1-21-6-8-22(9-7-21)27(2,3)23-10-12-25(13-11-23)33-18-24-14-15-29-26(30-24)31-19-28(4,20-31)32-16-5-17-32/h6-15H,5,16-20H2,1-4H3. The summed E-state index contributed by atoms with van der Waals surface area (Å²) in [5.41, 5.74) is 4.99. The Kier molecular flexibility index (Phi) is 5.61. The monoisotopic (exact) mass is 442 g/mol. The number of ether oxygens (including phenoxy) is 1. The first-order valence-corrected chi connectivity index (χ1v) is 12.0. The summed E-state index contributed by atoms with van der Waals surface area (Å²) in [6, 6.07) is 19.2. The predicted molar refractivity (Wildman–Crippen MR) is 133 cm³/mol. The number of aromatic nitrogens is 2. The van der Waals surface area contributed by atoms with Crippen molar-refractivity contribution in [2.45, 2.75) is 51.7 Å². The number of benzene rings is 2. The molecule has 5 rings (SSSR count). The summed E-state index contributed by atoms with van der Waals surface area (Å²) in [6.45, 7) is 13.9. The molecule has 2 aliphatic rings. The summed E-state index contributed by atoms with van der Waals surface area (Å²) in [7, 11) is 0. The van der Waals surface area contributed by atoms with Gasteiger partial charge in [0.05, 0.1) is 11.2 Å². The Morgan fingerprint density at radius 3 is 2.18 bits per heavy atom. The van der Waals surface area contributed by atoms with Gasteiger partial charge in [-0.05, 0) is 49.6 Å². The van der Waals surface area contributed by atoms with Gasteiger partial charge in [-0.15, -0.1) is 0 Å². The third-order valence-electron chi connectivity index (χ3n) is 7.40. The SMILES string of the molecule is Cc1ccc(C(C)(C)c2ccc(OCc3ccnc(N4CC(C)(N5CCC5)C4)n3)cc2)cc1. The average Bonchev–Trinajstić information content (AvgIpc) is 2.75. The first-order valence-electron chi connectivity index (χ1n) is 12.0.